The molecule has 4 aromatic heterocycles. The molecular formula is C25H26FN9O2. The smallest absolute Gasteiger partial charge is 0.261 e. The monoisotopic (exact) mass is 503 g/mol. The molecule has 1 atom stereocenters. The predicted molar refractivity (Wildman–Crippen MR) is 138 cm³/mol. The molecule has 3 N–H and O–H groups in total. The number of H-pyrrole nitrogens is 2. The van der Waals surface area contributed by atoms with Crippen LogP contribution in [0, 0.1) is 5.82 Å². The van der Waals surface area contributed by atoms with E-state index in [4.69, 9.17) is 4.74 Å². The summed E-state index contributed by atoms with van der Waals surface area (Å²) in [7, 11) is 1.67. The molecule has 6 rings (SSSR count). The molecule has 5 aromatic rings. The van der Waals surface area contributed by atoms with Gasteiger partial charge in [0.25, 0.3) is 5.56 Å². The van der Waals surface area contributed by atoms with Gasteiger partial charge in [0.2, 0.25) is 0 Å². The Morgan fingerprint density at radius 1 is 1.19 bits per heavy atom. The Hall–Kier alpha value is -4.32. The van der Waals surface area contributed by atoms with Gasteiger partial charge in [0.15, 0.2) is 5.82 Å². The maximum atomic E-state index is 15.1. The molecule has 1 aliphatic heterocycles. The van der Waals surface area contributed by atoms with Gasteiger partial charge in [-0.25, -0.2) is 19.3 Å². The molecule has 0 aliphatic carbocycles. The van der Waals surface area contributed by atoms with Crippen LogP contribution < -0.4 is 15.8 Å². The number of anilines is 2. The molecule has 1 aliphatic rings. The molecule has 0 radical (unpaired) electrons. The number of nitrogens with zero attached hydrogens (tertiary/aromatic N) is 6. The van der Waals surface area contributed by atoms with Crippen LogP contribution in [-0.2, 0) is 11.3 Å². The Kier molecular flexibility index (Phi) is 5.60. The third-order valence-corrected chi connectivity index (χ3v) is 6.69. The van der Waals surface area contributed by atoms with E-state index in [-0.39, 0.29) is 34.6 Å². The summed E-state index contributed by atoms with van der Waals surface area (Å²) in [5.41, 5.74) is 2.85. The molecular weight excluding hydrogens is 477 g/mol. The molecule has 0 amide bonds. The van der Waals surface area contributed by atoms with Gasteiger partial charge < -0.3 is 24.9 Å². The van der Waals surface area contributed by atoms with Crippen LogP contribution in [0.1, 0.15) is 25.7 Å². The second-order valence-electron chi connectivity index (χ2n) is 9.10. The standard InChI is InChI=1S/C25H26FN9O2/c1-4-35-12-18-21(33-35)22(29-13(2)23-27-6-5-7-28-23)19(25(36)31-18)24-30-17-9-14(8-16(26)20(17)32-24)34-10-15(11-34)37-3/h5-9,12-13,15,29H,4,10-11H2,1-3H3,(H,30,32)(H,31,36). The van der Waals surface area contributed by atoms with Crippen LogP contribution >= 0.6 is 0 Å². The molecule has 1 fully saturated rings. The summed E-state index contributed by atoms with van der Waals surface area (Å²) in [5.74, 6) is 0.326. The number of pyridine rings is 1. The fourth-order valence-electron chi connectivity index (χ4n) is 4.62. The minimum absolute atomic E-state index is 0.133. The normalized spacial score (nSPS) is 14.9. The minimum Gasteiger partial charge on any atom is -0.378 e. The molecule has 11 nitrogen and oxygen atoms in total. The van der Waals surface area contributed by atoms with Gasteiger partial charge in [-0.3, -0.25) is 9.48 Å². The van der Waals surface area contributed by atoms with Gasteiger partial charge in [-0.05, 0) is 32.0 Å². The zero-order valence-corrected chi connectivity index (χ0v) is 20.6. The SMILES string of the molecule is CCn1cc2[nH]c(=O)c(-c3nc4c(F)cc(N5CC(OC)C5)cc4[nH]3)c(NC(C)c3ncccn3)c2n1. The molecule has 0 saturated carbocycles. The lowest BCUT2D eigenvalue weighted by molar-refractivity contribution is 0.0787. The number of aromatic amines is 2. The number of hydrogen-bond acceptors (Lipinski definition) is 8. The quantitative estimate of drug-likeness (QED) is 0.309. The first-order chi connectivity index (χ1) is 17.9. The Bertz CT molecular complexity index is 1650. The van der Waals surface area contributed by atoms with Gasteiger partial charge in [0.1, 0.15) is 28.2 Å². The van der Waals surface area contributed by atoms with E-state index in [2.05, 4.69) is 35.3 Å². The Morgan fingerprint density at radius 3 is 2.70 bits per heavy atom. The van der Waals surface area contributed by atoms with Crippen LogP contribution in [0.2, 0.25) is 0 Å². The zero-order valence-electron chi connectivity index (χ0n) is 20.6. The molecule has 1 unspecified atom stereocenters. The maximum absolute atomic E-state index is 15.1. The lowest BCUT2D eigenvalue weighted by Crippen LogP contribution is -2.51. The highest BCUT2D eigenvalue weighted by Crippen LogP contribution is 2.34. The second kappa shape index (κ2) is 8.96. The molecule has 0 bridgehead atoms. The van der Waals surface area contributed by atoms with Crippen LogP contribution in [-0.4, -0.2) is 61.0 Å². The Morgan fingerprint density at radius 2 is 1.97 bits per heavy atom. The number of fused-ring (bicyclic) bond motifs is 2. The molecule has 37 heavy (non-hydrogen) atoms. The molecule has 12 heteroatoms. The van der Waals surface area contributed by atoms with Gasteiger partial charge in [0.05, 0.1) is 28.9 Å². The number of ether oxygens (including phenoxy) is 1. The summed E-state index contributed by atoms with van der Waals surface area (Å²) in [5, 5.41) is 8.02. The van der Waals surface area contributed by atoms with Gasteiger partial charge in [-0.1, -0.05) is 0 Å². The number of halogens is 1. The predicted octanol–water partition coefficient (Wildman–Crippen LogP) is 3.23. The Balaban J connectivity index is 1.48. The van der Waals surface area contributed by atoms with Crippen molar-refractivity contribution in [3.05, 3.63) is 58.8 Å². The van der Waals surface area contributed by atoms with E-state index < -0.39 is 5.82 Å². The van der Waals surface area contributed by atoms with Crippen molar-refractivity contribution in [2.24, 2.45) is 0 Å². The summed E-state index contributed by atoms with van der Waals surface area (Å²) in [6.07, 6.45) is 5.23. The topological polar surface area (TPSA) is 130 Å². The first kappa shape index (κ1) is 23.1. The third-order valence-electron chi connectivity index (χ3n) is 6.69. The van der Waals surface area contributed by atoms with Crippen LogP contribution in [0.4, 0.5) is 15.8 Å². The number of imidazole rings is 1. The van der Waals surface area contributed by atoms with Crippen LogP contribution in [0.15, 0.2) is 41.6 Å². The average Bonchev–Trinajstić information content (AvgIpc) is 3.48. The largest absolute Gasteiger partial charge is 0.378 e. The number of aromatic nitrogens is 7. The van der Waals surface area contributed by atoms with E-state index in [0.717, 1.165) is 5.69 Å². The first-order valence-electron chi connectivity index (χ1n) is 12.1. The van der Waals surface area contributed by atoms with Crippen molar-refractivity contribution in [3.8, 4) is 11.4 Å². The van der Waals surface area contributed by atoms with E-state index >= 15 is 4.39 Å². The average molecular weight is 504 g/mol. The van der Waals surface area contributed by atoms with Crippen molar-refractivity contribution in [3.63, 3.8) is 0 Å². The molecule has 5 heterocycles. The van der Waals surface area contributed by atoms with E-state index in [9.17, 15) is 4.79 Å². The number of nitrogens with one attached hydrogen (secondary N) is 3. The summed E-state index contributed by atoms with van der Waals surface area (Å²) in [6, 6.07) is 4.70. The Labute approximate surface area is 210 Å². The molecule has 190 valence electrons. The van der Waals surface area contributed by atoms with E-state index in [0.29, 0.717) is 47.7 Å². The summed E-state index contributed by atoms with van der Waals surface area (Å²) < 4.78 is 22.2. The van der Waals surface area contributed by atoms with Gasteiger partial charge in [-0.2, -0.15) is 5.10 Å². The van der Waals surface area contributed by atoms with Crippen molar-refractivity contribution < 1.29 is 9.13 Å². The molecule has 1 saturated heterocycles. The first-order valence-corrected chi connectivity index (χ1v) is 12.1. The van der Waals surface area contributed by atoms with Crippen molar-refractivity contribution >= 4 is 33.4 Å². The number of benzene rings is 1. The van der Waals surface area contributed by atoms with E-state index in [1.165, 1.54) is 6.07 Å². The van der Waals surface area contributed by atoms with Gasteiger partial charge in [-0.15, -0.1) is 0 Å². The minimum atomic E-state index is -0.468. The van der Waals surface area contributed by atoms with Crippen molar-refractivity contribution in [2.45, 2.75) is 32.5 Å². The number of rotatable bonds is 7. The lowest BCUT2D eigenvalue weighted by Gasteiger charge is -2.39. The maximum Gasteiger partial charge on any atom is 0.261 e. The summed E-state index contributed by atoms with van der Waals surface area (Å²) >= 11 is 0. The van der Waals surface area contributed by atoms with Gasteiger partial charge in [0, 0.05) is 51.0 Å². The fourth-order valence-corrected chi connectivity index (χ4v) is 4.62. The van der Waals surface area contributed by atoms with Crippen LogP contribution in [0.3, 0.4) is 0 Å². The summed E-state index contributed by atoms with van der Waals surface area (Å²) in [6.45, 7) is 5.86. The fraction of sp³-hybridized carbons (Fsp3) is 0.320. The molecule has 1 aromatic carbocycles. The van der Waals surface area contributed by atoms with Crippen molar-refractivity contribution in [1.82, 2.24) is 34.7 Å². The van der Waals surface area contributed by atoms with E-state index in [1.54, 1.807) is 36.4 Å². The zero-order chi connectivity index (χ0) is 25.7. The van der Waals surface area contributed by atoms with Crippen molar-refractivity contribution in [2.75, 3.05) is 30.4 Å². The van der Waals surface area contributed by atoms with Gasteiger partial charge >= 0.3 is 0 Å². The van der Waals surface area contributed by atoms with Crippen LogP contribution in [0.5, 0.6) is 0 Å². The highest BCUT2D eigenvalue weighted by molar-refractivity contribution is 5.97. The highest BCUT2D eigenvalue weighted by Gasteiger charge is 2.28. The number of aryl methyl sites for hydroxylation is 1. The third kappa shape index (κ3) is 3.99. The van der Waals surface area contributed by atoms with Crippen LogP contribution in [0.25, 0.3) is 33.5 Å². The van der Waals surface area contributed by atoms with E-state index in [1.807, 2.05) is 24.8 Å². The number of methoxy groups -OCH3 is 1. The van der Waals surface area contributed by atoms with Crippen molar-refractivity contribution in [1.29, 1.82) is 0 Å². The number of hydrogen-bond donors (Lipinski definition) is 3. The highest BCUT2D eigenvalue weighted by atomic mass is 19.1. The summed E-state index contributed by atoms with van der Waals surface area (Å²) in [4.78, 5) is 34.6. The lowest BCUT2D eigenvalue weighted by atomic mass is 10.1. The molecule has 0 spiro atoms. The second-order valence-corrected chi connectivity index (χ2v) is 9.10.